The Hall–Kier alpha value is -1.88. The average Bonchev–Trinajstić information content (AvgIpc) is 2.48. The van der Waals surface area contributed by atoms with Crippen molar-refractivity contribution < 1.29 is 4.79 Å². The largest absolute Gasteiger partial charge is 0.384 e. The van der Waals surface area contributed by atoms with Crippen LogP contribution in [0.15, 0.2) is 41.1 Å². The molecule has 0 radical (unpaired) electrons. The van der Waals surface area contributed by atoms with Gasteiger partial charge in [0.2, 0.25) is 0 Å². The molecule has 0 aliphatic heterocycles. The van der Waals surface area contributed by atoms with Crippen molar-refractivity contribution in [3.63, 3.8) is 0 Å². The topological polar surface area (TPSA) is 54.0 Å². The molecule has 0 fully saturated rings. The number of aryl methyl sites for hydroxylation is 1. The molecule has 2 rings (SSSR count). The van der Waals surface area contributed by atoms with E-state index in [0.29, 0.717) is 5.56 Å². The van der Waals surface area contributed by atoms with Gasteiger partial charge in [0.1, 0.15) is 0 Å². The molecule has 0 aliphatic rings. The minimum absolute atomic E-state index is 0.160. The maximum Gasteiger partial charge on any atom is 0.259 e. The Kier molecular flexibility index (Phi) is 5.33. The monoisotopic (exact) mass is 347 g/mol. The van der Waals surface area contributed by atoms with E-state index in [1.165, 1.54) is 0 Å². The third-order valence-corrected chi connectivity index (χ3v) is 3.56. The molecule has 1 amide bonds. The van der Waals surface area contributed by atoms with Crippen LogP contribution in [0.1, 0.15) is 29.3 Å². The fourth-order valence-corrected chi connectivity index (χ4v) is 2.42. The van der Waals surface area contributed by atoms with Crippen molar-refractivity contribution in [1.29, 1.82) is 0 Å². The standard InChI is InChI=1S/C16H18BrN3O/c1-3-7-19-15-6-8-18-10-13(15)16(21)20-14-5-4-12(17)9-11(14)2/h4-6,8-10H,3,7H2,1-2H3,(H,18,19)(H,20,21). The highest BCUT2D eigenvalue weighted by Gasteiger charge is 2.12. The van der Waals surface area contributed by atoms with Crippen LogP contribution in [0.5, 0.6) is 0 Å². The van der Waals surface area contributed by atoms with Crippen LogP contribution in [0, 0.1) is 6.92 Å². The molecule has 1 aromatic heterocycles. The lowest BCUT2D eigenvalue weighted by Crippen LogP contribution is -2.16. The predicted molar refractivity (Wildman–Crippen MR) is 89.8 cm³/mol. The van der Waals surface area contributed by atoms with Gasteiger partial charge in [-0.1, -0.05) is 22.9 Å². The van der Waals surface area contributed by atoms with Crippen LogP contribution in [-0.4, -0.2) is 17.4 Å². The zero-order chi connectivity index (χ0) is 15.2. The Morgan fingerprint density at radius 2 is 2.10 bits per heavy atom. The zero-order valence-electron chi connectivity index (χ0n) is 12.1. The molecule has 2 aromatic rings. The molecular formula is C16H18BrN3O. The fourth-order valence-electron chi connectivity index (χ4n) is 1.95. The summed E-state index contributed by atoms with van der Waals surface area (Å²) in [6, 6.07) is 7.57. The molecule has 0 unspecified atom stereocenters. The number of carbonyl (C=O) groups excluding carboxylic acids is 1. The lowest BCUT2D eigenvalue weighted by atomic mass is 10.1. The highest BCUT2D eigenvalue weighted by Crippen LogP contribution is 2.22. The number of benzene rings is 1. The molecule has 5 heteroatoms. The van der Waals surface area contributed by atoms with Crippen molar-refractivity contribution in [2.75, 3.05) is 17.2 Å². The van der Waals surface area contributed by atoms with Crippen LogP contribution < -0.4 is 10.6 Å². The fraction of sp³-hybridized carbons (Fsp3) is 0.250. The van der Waals surface area contributed by atoms with E-state index < -0.39 is 0 Å². The number of halogens is 1. The summed E-state index contributed by atoms with van der Waals surface area (Å²) >= 11 is 3.41. The number of aromatic nitrogens is 1. The minimum Gasteiger partial charge on any atom is -0.384 e. The predicted octanol–water partition coefficient (Wildman–Crippen LogP) is 4.23. The third kappa shape index (κ3) is 4.04. The number of carbonyl (C=O) groups is 1. The third-order valence-electron chi connectivity index (χ3n) is 3.07. The van der Waals surface area contributed by atoms with E-state index in [1.807, 2.05) is 31.2 Å². The molecule has 110 valence electrons. The van der Waals surface area contributed by atoms with E-state index in [-0.39, 0.29) is 5.91 Å². The molecule has 0 atom stereocenters. The highest BCUT2D eigenvalue weighted by atomic mass is 79.9. The van der Waals surface area contributed by atoms with Crippen molar-refractivity contribution in [3.8, 4) is 0 Å². The van der Waals surface area contributed by atoms with Crippen LogP contribution in [0.25, 0.3) is 0 Å². The first kappa shape index (κ1) is 15.5. The molecule has 0 spiro atoms. The quantitative estimate of drug-likeness (QED) is 0.850. The van der Waals surface area contributed by atoms with Gasteiger partial charge in [0.25, 0.3) is 5.91 Å². The van der Waals surface area contributed by atoms with E-state index in [0.717, 1.165) is 34.4 Å². The Morgan fingerprint density at radius 3 is 2.81 bits per heavy atom. The smallest absolute Gasteiger partial charge is 0.259 e. The molecule has 1 heterocycles. The van der Waals surface area contributed by atoms with Crippen molar-refractivity contribution in [1.82, 2.24) is 4.98 Å². The summed E-state index contributed by atoms with van der Waals surface area (Å²) in [6.07, 6.45) is 4.26. The van der Waals surface area contributed by atoms with Crippen molar-refractivity contribution in [3.05, 3.63) is 52.3 Å². The summed E-state index contributed by atoms with van der Waals surface area (Å²) in [7, 11) is 0. The average molecular weight is 348 g/mol. The summed E-state index contributed by atoms with van der Waals surface area (Å²) in [5.41, 5.74) is 3.16. The SMILES string of the molecule is CCCNc1ccncc1C(=O)Nc1ccc(Br)cc1C. The minimum atomic E-state index is -0.160. The van der Waals surface area contributed by atoms with Gasteiger partial charge in [0, 0.05) is 29.1 Å². The number of rotatable bonds is 5. The molecule has 0 aliphatic carbocycles. The first-order valence-electron chi connectivity index (χ1n) is 6.87. The highest BCUT2D eigenvalue weighted by molar-refractivity contribution is 9.10. The van der Waals surface area contributed by atoms with Gasteiger partial charge >= 0.3 is 0 Å². The Bertz CT molecular complexity index is 643. The van der Waals surface area contributed by atoms with E-state index in [9.17, 15) is 4.79 Å². The molecule has 0 bridgehead atoms. The van der Waals surface area contributed by atoms with E-state index in [2.05, 4.69) is 38.5 Å². The molecule has 1 aromatic carbocycles. The van der Waals surface area contributed by atoms with E-state index in [4.69, 9.17) is 0 Å². The second-order valence-corrected chi connectivity index (χ2v) is 5.68. The normalized spacial score (nSPS) is 10.2. The molecule has 21 heavy (non-hydrogen) atoms. The second kappa shape index (κ2) is 7.22. The summed E-state index contributed by atoms with van der Waals surface area (Å²) in [4.78, 5) is 16.5. The van der Waals surface area contributed by atoms with Gasteiger partial charge in [-0.3, -0.25) is 9.78 Å². The van der Waals surface area contributed by atoms with Gasteiger partial charge < -0.3 is 10.6 Å². The van der Waals surface area contributed by atoms with Gasteiger partial charge in [-0.05, 0) is 43.2 Å². The Labute approximate surface area is 133 Å². The summed E-state index contributed by atoms with van der Waals surface area (Å²) < 4.78 is 0.990. The molecular weight excluding hydrogens is 330 g/mol. The number of amides is 1. The maximum atomic E-state index is 12.4. The van der Waals surface area contributed by atoms with E-state index >= 15 is 0 Å². The lowest BCUT2D eigenvalue weighted by molar-refractivity contribution is 0.102. The van der Waals surface area contributed by atoms with Crippen molar-refractivity contribution in [2.45, 2.75) is 20.3 Å². The zero-order valence-corrected chi connectivity index (χ0v) is 13.7. The summed E-state index contributed by atoms with van der Waals surface area (Å²) in [5, 5.41) is 6.18. The molecule has 0 saturated heterocycles. The summed E-state index contributed by atoms with van der Waals surface area (Å²) in [6.45, 7) is 4.86. The van der Waals surface area contributed by atoms with Crippen LogP contribution >= 0.6 is 15.9 Å². The lowest BCUT2D eigenvalue weighted by Gasteiger charge is -2.12. The number of hydrogen-bond donors (Lipinski definition) is 2. The van der Waals surface area contributed by atoms with E-state index in [1.54, 1.807) is 12.4 Å². The van der Waals surface area contributed by atoms with Crippen LogP contribution in [0.3, 0.4) is 0 Å². The number of pyridine rings is 1. The number of anilines is 2. The van der Waals surface area contributed by atoms with Crippen molar-refractivity contribution in [2.24, 2.45) is 0 Å². The first-order chi connectivity index (χ1) is 10.1. The van der Waals surface area contributed by atoms with Crippen LogP contribution in [0.4, 0.5) is 11.4 Å². The maximum absolute atomic E-state index is 12.4. The number of nitrogens with zero attached hydrogens (tertiary/aromatic N) is 1. The van der Waals surface area contributed by atoms with Crippen molar-refractivity contribution >= 4 is 33.2 Å². The number of hydrogen-bond acceptors (Lipinski definition) is 3. The van der Waals surface area contributed by atoms with Gasteiger partial charge in [-0.2, -0.15) is 0 Å². The molecule has 2 N–H and O–H groups in total. The number of nitrogens with one attached hydrogen (secondary N) is 2. The van der Waals surface area contributed by atoms with Crippen LogP contribution in [-0.2, 0) is 0 Å². The van der Waals surface area contributed by atoms with Crippen LogP contribution in [0.2, 0.25) is 0 Å². The molecule has 0 saturated carbocycles. The summed E-state index contributed by atoms with van der Waals surface area (Å²) in [5.74, 6) is -0.160. The van der Waals surface area contributed by atoms with Gasteiger partial charge in [0.15, 0.2) is 0 Å². The Morgan fingerprint density at radius 1 is 1.29 bits per heavy atom. The Balaban J connectivity index is 2.20. The second-order valence-electron chi connectivity index (χ2n) is 4.76. The molecule has 4 nitrogen and oxygen atoms in total. The first-order valence-corrected chi connectivity index (χ1v) is 7.66. The van der Waals surface area contributed by atoms with Gasteiger partial charge in [-0.15, -0.1) is 0 Å². The van der Waals surface area contributed by atoms with Gasteiger partial charge in [0.05, 0.1) is 11.3 Å². The van der Waals surface area contributed by atoms with Gasteiger partial charge in [-0.25, -0.2) is 0 Å².